The first-order chi connectivity index (χ1) is 7.11. The molecule has 3 N–H and O–H groups in total. The molecular weight excluding hydrogens is 190 g/mol. The van der Waals surface area contributed by atoms with E-state index in [2.05, 4.69) is 10.3 Å². The van der Waals surface area contributed by atoms with Gasteiger partial charge in [-0.3, -0.25) is 4.79 Å². The van der Waals surface area contributed by atoms with Crippen molar-refractivity contribution in [3.05, 3.63) is 24.3 Å². The van der Waals surface area contributed by atoms with E-state index in [1.165, 1.54) is 6.92 Å². The lowest BCUT2D eigenvalue weighted by Crippen LogP contribution is -2.08. The Labute approximate surface area is 89.2 Å². The molecule has 1 amide bonds. The van der Waals surface area contributed by atoms with Crippen molar-refractivity contribution in [1.82, 2.24) is 0 Å². The van der Waals surface area contributed by atoms with Crippen molar-refractivity contribution in [3.8, 4) is 0 Å². The Morgan fingerprint density at radius 3 is 2.47 bits per heavy atom. The summed E-state index contributed by atoms with van der Waals surface area (Å²) in [7, 11) is 0. The third-order valence-corrected chi connectivity index (χ3v) is 1.82. The molecule has 0 heterocycles. The molecule has 0 aliphatic rings. The molecule has 80 valence electrons. The number of nitrogens with two attached hydrogens (primary N) is 1. The lowest BCUT2D eigenvalue weighted by Gasteiger charge is -2.02. The summed E-state index contributed by atoms with van der Waals surface area (Å²) in [4.78, 5) is 14.9. The molecule has 0 atom stereocenters. The number of carbonyl (C=O) groups is 1. The van der Waals surface area contributed by atoms with Gasteiger partial charge in [0.1, 0.15) is 0 Å². The zero-order valence-electron chi connectivity index (χ0n) is 8.95. The monoisotopic (exact) mass is 205 g/mol. The molecule has 0 aliphatic heterocycles. The van der Waals surface area contributed by atoms with Crippen molar-refractivity contribution in [1.29, 1.82) is 0 Å². The number of nitrogens with zero attached hydrogens (tertiary/aromatic N) is 1. The molecule has 0 saturated heterocycles. The van der Waals surface area contributed by atoms with Gasteiger partial charge in [-0.25, -0.2) is 4.99 Å². The average Bonchev–Trinajstić information content (AvgIpc) is 2.20. The van der Waals surface area contributed by atoms with Crippen LogP contribution in [0.2, 0.25) is 0 Å². The molecule has 4 heteroatoms. The first kappa shape index (κ1) is 11.2. The molecule has 0 spiro atoms. The lowest BCUT2D eigenvalue weighted by atomic mass is 10.3. The van der Waals surface area contributed by atoms with E-state index < -0.39 is 0 Å². The number of amidine groups is 1. The molecule has 1 rings (SSSR count). The summed E-state index contributed by atoms with van der Waals surface area (Å²) in [5.41, 5.74) is 7.16. The molecule has 0 unspecified atom stereocenters. The second-order valence-electron chi connectivity index (χ2n) is 3.18. The summed E-state index contributed by atoms with van der Waals surface area (Å²) in [6.45, 7) is 3.42. The van der Waals surface area contributed by atoms with Crippen LogP contribution < -0.4 is 11.1 Å². The van der Waals surface area contributed by atoms with Gasteiger partial charge in [0.25, 0.3) is 0 Å². The molecular formula is C11H15N3O. The number of carbonyl (C=O) groups excluding carboxylic acids is 1. The SMILES string of the molecule is CCC(N)=Nc1ccc(NC(C)=O)cc1. The van der Waals surface area contributed by atoms with Gasteiger partial charge in [0.05, 0.1) is 11.5 Å². The van der Waals surface area contributed by atoms with E-state index in [9.17, 15) is 4.79 Å². The standard InChI is InChI=1S/C11H15N3O/c1-3-11(12)14-10-6-4-9(5-7-10)13-8(2)15/h4-7H,3H2,1-2H3,(H2,12,14)(H,13,15). The maximum atomic E-state index is 10.8. The molecule has 0 radical (unpaired) electrons. The van der Waals surface area contributed by atoms with E-state index in [-0.39, 0.29) is 5.91 Å². The molecule has 0 saturated carbocycles. The summed E-state index contributed by atoms with van der Waals surface area (Å²) < 4.78 is 0. The molecule has 0 bridgehead atoms. The first-order valence-electron chi connectivity index (χ1n) is 4.82. The van der Waals surface area contributed by atoms with Gasteiger partial charge in [-0.15, -0.1) is 0 Å². The zero-order valence-corrected chi connectivity index (χ0v) is 8.95. The number of amides is 1. The molecule has 4 nitrogen and oxygen atoms in total. The van der Waals surface area contributed by atoms with Gasteiger partial charge in [0.15, 0.2) is 0 Å². The predicted molar refractivity (Wildman–Crippen MR) is 62.3 cm³/mol. The summed E-state index contributed by atoms with van der Waals surface area (Å²) >= 11 is 0. The molecule has 1 aromatic carbocycles. The largest absolute Gasteiger partial charge is 0.387 e. The summed E-state index contributed by atoms with van der Waals surface area (Å²) in [6, 6.07) is 7.22. The quantitative estimate of drug-likeness (QED) is 0.585. The smallest absolute Gasteiger partial charge is 0.221 e. The predicted octanol–water partition coefficient (Wildman–Crippen LogP) is 2.04. The minimum absolute atomic E-state index is 0.0840. The highest BCUT2D eigenvalue weighted by atomic mass is 16.1. The van der Waals surface area contributed by atoms with Crippen LogP contribution in [-0.2, 0) is 4.79 Å². The van der Waals surface area contributed by atoms with Gasteiger partial charge in [0, 0.05) is 19.0 Å². The minimum Gasteiger partial charge on any atom is -0.387 e. The second kappa shape index (κ2) is 5.14. The van der Waals surface area contributed by atoms with Crippen molar-refractivity contribution in [2.24, 2.45) is 10.7 Å². The molecule has 0 aromatic heterocycles. The van der Waals surface area contributed by atoms with Crippen LogP contribution in [0.15, 0.2) is 29.3 Å². The van der Waals surface area contributed by atoms with Crippen LogP contribution in [0.4, 0.5) is 11.4 Å². The number of rotatable bonds is 3. The molecule has 0 aliphatic carbocycles. The fourth-order valence-corrected chi connectivity index (χ4v) is 1.07. The summed E-state index contributed by atoms with van der Waals surface area (Å²) in [6.07, 6.45) is 0.730. The number of anilines is 1. The van der Waals surface area contributed by atoms with Gasteiger partial charge in [-0.05, 0) is 24.3 Å². The van der Waals surface area contributed by atoms with E-state index in [4.69, 9.17) is 5.73 Å². The highest BCUT2D eigenvalue weighted by Crippen LogP contribution is 2.16. The van der Waals surface area contributed by atoms with Gasteiger partial charge < -0.3 is 11.1 Å². The lowest BCUT2D eigenvalue weighted by molar-refractivity contribution is -0.114. The van der Waals surface area contributed by atoms with Crippen molar-refractivity contribution >= 4 is 23.1 Å². The van der Waals surface area contributed by atoms with Gasteiger partial charge >= 0.3 is 0 Å². The minimum atomic E-state index is -0.0840. The molecule has 1 aromatic rings. The van der Waals surface area contributed by atoms with Crippen LogP contribution in [-0.4, -0.2) is 11.7 Å². The van der Waals surface area contributed by atoms with Crippen molar-refractivity contribution in [2.45, 2.75) is 20.3 Å². The number of nitrogens with one attached hydrogen (secondary N) is 1. The highest BCUT2D eigenvalue weighted by molar-refractivity contribution is 5.89. The maximum absolute atomic E-state index is 10.8. The van der Waals surface area contributed by atoms with Crippen LogP contribution in [0.25, 0.3) is 0 Å². The highest BCUT2D eigenvalue weighted by Gasteiger charge is 1.95. The Hall–Kier alpha value is -1.84. The van der Waals surface area contributed by atoms with Crippen LogP contribution >= 0.6 is 0 Å². The van der Waals surface area contributed by atoms with Gasteiger partial charge in [-0.2, -0.15) is 0 Å². The van der Waals surface area contributed by atoms with Crippen molar-refractivity contribution in [3.63, 3.8) is 0 Å². The van der Waals surface area contributed by atoms with E-state index in [0.29, 0.717) is 5.84 Å². The number of aliphatic imine (C=N–C) groups is 1. The molecule has 15 heavy (non-hydrogen) atoms. The van der Waals surface area contributed by atoms with Crippen molar-refractivity contribution in [2.75, 3.05) is 5.32 Å². The fourth-order valence-electron chi connectivity index (χ4n) is 1.07. The Balaban J connectivity index is 2.76. The van der Waals surface area contributed by atoms with Crippen LogP contribution in [0.1, 0.15) is 20.3 Å². The average molecular weight is 205 g/mol. The van der Waals surface area contributed by atoms with E-state index >= 15 is 0 Å². The Bertz CT molecular complexity index is 368. The summed E-state index contributed by atoms with van der Waals surface area (Å²) in [5, 5.41) is 2.68. The van der Waals surface area contributed by atoms with Crippen molar-refractivity contribution < 1.29 is 4.79 Å². The number of hydrogen-bond donors (Lipinski definition) is 2. The third-order valence-electron chi connectivity index (χ3n) is 1.82. The van der Waals surface area contributed by atoms with Crippen LogP contribution in [0, 0.1) is 0 Å². The zero-order chi connectivity index (χ0) is 11.3. The van der Waals surface area contributed by atoms with Crippen LogP contribution in [0.3, 0.4) is 0 Å². The Kier molecular flexibility index (Phi) is 3.85. The van der Waals surface area contributed by atoms with Gasteiger partial charge in [-0.1, -0.05) is 6.92 Å². The van der Waals surface area contributed by atoms with Gasteiger partial charge in [0.2, 0.25) is 5.91 Å². The topological polar surface area (TPSA) is 67.5 Å². The number of hydrogen-bond acceptors (Lipinski definition) is 2. The molecule has 0 fully saturated rings. The Morgan fingerprint density at radius 1 is 1.40 bits per heavy atom. The van der Waals surface area contributed by atoms with E-state index in [1.807, 2.05) is 19.1 Å². The Morgan fingerprint density at radius 2 is 2.00 bits per heavy atom. The first-order valence-corrected chi connectivity index (χ1v) is 4.82. The summed E-state index contributed by atoms with van der Waals surface area (Å²) in [5.74, 6) is 0.515. The second-order valence-corrected chi connectivity index (χ2v) is 3.18. The van der Waals surface area contributed by atoms with Crippen LogP contribution in [0.5, 0.6) is 0 Å². The van der Waals surface area contributed by atoms with E-state index in [1.54, 1.807) is 12.1 Å². The fraction of sp³-hybridized carbons (Fsp3) is 0.273. The normalized spacial score (nSPS) is 11.2. The van der Waals surface area contributed by atoms with E-state index in [0.717, 1.165) is 17.8 Å². The number of benzene rings is 1. The third kappa shape index (κ3) is 3.81. The maximum Gasteiger partial charge on any atom is 0.221 e.